The van der Waals surface area contributed by atoms with E-state index in [0.29, 0.717) is 0 Å². The van der Waals surface area contributed by atoms with Gasteiger partial charge >= 0.3 is 0 Å². The quantitative estimate of drug-likeness (QED) is 0.651. The van der Waals surface area contributed by atoms with Crippen LogP contribution in [0.4, 0.5) is 5.69 Å². The Bertz CT molecular complexity index is 209. The molecule has 0 unspecified atom stereocenters. The maximum Gasteiger partial charge on any atom is 0.0813 e. The van der Waals surface area contributed by atoms with Gasteiger partial charge < -0.3 is 5.73 Å². The molecule has 0 radical (unpaired) electrons. The normalized spacial score (nSPS) is 10.1. The van der Waals surface area contributed by atoms with Crippen molar-refractivity contribution in [3.05, 3.63) is 9.35 Å². The number of anilines is 1. The van der Waals surface area contributed by atoms with E-state index < -0.39 is 0 Å². The third-order valence-corrected chi connectivity index (χ3v) is 3.61. The van der Waals surface area contributed by atoms with Crippen molar-refractivity contribution in [2.75, 3.05) is 5.73 Å². The number of hydrogen-bond donors (Lipinski definition) is 2. The Kier molecular flexibility index (Phi) is 2.08. The lowest BCUT2D eigenvalue weighted by molar-refractivity contribution is 1.49. The van der Waals surface area contributed by atoms with E-state index in [9.17, 15) is 0 Å². The molecule has 1 heterocycles. The highest BCUT2D eigenvalue weighted by molar-refractivity contribution is 9.11. The van der Waals surface area contributed by atoms with Gasteiger partial charge in [-0.15, -0.1) is 24.0 Å². The molecule has 0 aliphatic carbocycles. The van der Waals surface area contributed by atoms with Crippen LogP contribution in [0.3, 0.4) is 0 Å². The number of thiol groups is 1. The maximum absolute atomic E-state index is 5.61. The van der Waals surface area contributed by atoms with Gasteiger partial charge in [0.05, 0.1) is 13.7 Å². The molecule has 0 saturated heterocycles. The smallest absolute Gasteiger partial charge is 0.0813 e. The van der Waals surface area contributed by atoms with Crippen LogP contribution in [0.2, 0.25) is 0 Å². The molecule has 0 fully saturated rings. The molecule has 9 heavy (non-hydrogen) atoms. The van der Waals surface area contributed by atoms with Crippen molar-refractivity contribution in [3.63, 3.8) is 0 Å². The number of nitrogens with two attached hydrogens (primary N) is 1. The molecule has 0 amide bonds. The summed E-state index contributed by atoms with van der Waals surface area (Å²) >= 11 is 9.06. The van der Waals surface area contributed by atoms with Crippen LogP contribution in [-0.2, 0) is 0 Å². The van der Waals surface area contributed by atoms with E-state index in [4.69, 9.17) is 5.73 Å². The van der Waals surface area contributed by atoms with Crippen molar-refractivity contribution in [3.8, 4) is 0 Å². The van der Waals surface area contributed by atoms with Gasteiger partial charge in [0.2, 0.25) is 0 Å². The maximum atomic E-state index is 5.61. The molecule has 1 aromatic rings. The molecule has 0 bridgehead atoms. The first kappa shape index (κ1) is 7.44. The lowest BCUT2D eigenvalue weighted by atomic mass is 10.3. The topological polar surface area (TPSA) is 26.0 Å². The summed E-state index contributed by atoms with van der Waals surface area (Å²) in [5.74, 6) is 0. The van der Waals surface area contributed by atoms with Crippen LogP contribution >= 0.6 is 39.9 Å². The highest BCUT2D eigenvalue weighted by Crippen LogP contribution is 2.36. The number of nitrogen functional groups attached to an aromatic ring is 1. The fourth-order valence-corrected chi connectivity index (χ4v) is 2.69. The van der Waals surface area contributed by atoms with Crippen LogP contribution < -0.4 is 5.73 Å². The summed E-state index contributed by atoms with van der Waals surface area (Å²) in [4.78, 5) is 0. The van der Waals surface area contributed by atoms with Crippen LogP contribution in [0.15, 0.2) is 8.00 Å². The molecule has 0 aromatic carbocycles. The van der Waals surface area contributed by atoms with Gasteiger partial charge in [-0.05, 0) is 28.4 Å². The lowest BCUT2D eigenvalue weighted by Gasteiger charge is -1.88. The van der Waals surface area contributed by atoms with Crippen molar-refractivity contribution < 1.29 is 0 Å². The van der Waals surface area contributed by atoms with Gasteiger partial charge in [0, 0.05) is 0 Å². The Morgan fingerprint density at radius 2 is 2.22 bits per heavy atom. The minimum absolute atomic E-state index is 0.787. The van der Waals surface area contributed by atoms with E-state index in [1.165, 1.54) is 0 Å². The second kappa shape index (κ2) is 2.52. The summed E-state index contributed by atoms with van der Waals surface area (Å²) in [5.41, 5.74) is 7.48. The number of halogens is 1. The third-order valence-electron chi connectivity index (χ3n) is 1.12. The van der Waals surface area contributed by atoms with Crippen LogP contribution in [-0.4, -0.2) is 0 Å². The zero-order chi connectivity index (χ0) is 7.02. The van der Waals surface area contributed by atoms with Gasteiger partial charge in [-0.2, -0.15) is 0 Å². The highest BCUT2D eigenvalue weighted by atomic mass is 79.9. The Morgan fingerprint density at radius 3 is 2.33 bits per heavy atom. The second-order valence-corrected chi connectivity index (χ2v) is 4.81. The third kappa shape index (κ3) is 1.25. The van der Waals surface area contributed by atoms with Crippen molar-refractivity contribution in [1.82, 2.24) is 0 Å². The van der Waals surface area contributed by atoms with Gasteiger partial charge in [0.1, 0.15) is 0 Å². The summed E-state index contributed by atoms with van der Waals surface area (Å²) in [5, 5.41) is 0. The molecule has 0 aliphatic heterocycles. The molecule has 1 rings (SSSR count). The van der Waals surface area contributed by atoms with Gasteiger partial charge in [-0.3, -0.25) is 0 Å². The fraction of sp³-hybridized carbons (Fsp3) is 0.200. The molecule has 0 saturated carbocycles. The second-order valence-electron chi connectivity index (χ2n) is 1.72. The minimum Gasteiger partial charge on any atom is -0.397 e. The average Bonchev–Trinajstić information content (AvgIpc) is 1.98. The first-order valence-electron chi connectivity index (χ1n) is 2.36. The summed E-state index contributed by atoms with van der Waals surface area (Å²) in [6.45, 7) is 1.97. The van der Waals surface area contributed by atoms with Gasteiger partial charge in [0.15, 0.2) is 0 Å². The van der Waals surface area contributed by atoms with E-state index in [1.807, 2.05) is 6.92 Å². The van der Waals surface area contributed by atoms with Crippen LogP contribution in [0.5, 0.6) is 0 Å². The SMILES string of the molecule is Cc1c(Br)sc(S)c1N. The van der Waals surface area contributed by atoms with Crippen molar-refractivity contribution in [2.24, 2.45) is 0 Å². The fourth-order valence-electron chi connectivity index (χ4n) is 0.483. The van der Waals surface area contributed by atoms with Gasteiger partial charge in [0.25, 0.3) is 0 Å². The molecule has 0 aliphatic rings. The molecular weight excluding hydrogens is 218 g/mol. The average molecular weight is 224 g/mol. The van der Waals surface area contributed by atoms with E-state index in [2.05, 4.69) is 28.6 Å². The monoisotopic (exact) mass is 223 g/mol. The molecular formula is C5H6BrNS2. The summed E-state index contributed by atoms with van der Waals surface area (Å²) in [7, 11) is 0. The van der Waals surface area contributed by atoms with Crippen LogP contribution in [0.25, 0.3) is 0 Å². The number of rotatable bonds is 0. The largest absolute Gasteiger partial charge is 0.397 e. The minimum atomic E-state index is 0.787. The van der Waals surface area contributed by atoms with Gasteiger partial charge in [-0.25, -0.2) is 0 Å². The molecule has 1 aromatic heterocycles. The predicted octanol–water partition coefficient (Wildman–Crippen LogP) is 2.69. The zero-order valence-corrected chi connectivity index (χ0v) is 8.11. The first-order valence-corrected chi connectivity index (χ1v) is 4.42. The highest BCUT2D eigenvalue weighted by Gasteiger charge is 2.05. The van der Waals surface area contributed by atoms with Crippen molar-refractivity contribution in [1.29, 1.82) is 0 Å². The molecule has 50 valence electrons. The van der Waals surface area contributed by atoms with E-state index >= 15 is 0 Å². The zero-order valence-electron chi connectivity index (χ0n) is 4.81. The van der Waals surface area contributed by atoms with Crippen molar-refractivity contribution in [2.45, 2.75) is 11.1 Å². The molecule has 2 N–H and O–H groups in total. The van der Waals surface area contributed by atoms with E-state index in [-0.39, 0.29) is 0 Å². The van der Waals surface area contributed by atoms with Gasteiger partial charge in [-0.1, -0.05) is 0 Å². The van der Waals surface area contributed by atoms with E-state index in [0.717, 1.165) is 19.2 Å². The van der Waals surface area contributed by atoms with Crippen molar-refractivity contribution >= 4 is 45.6 Å². The number of hydrogen-bond acceptors (Lipinski definition) is 3. The first-order chi connectivity index (χ1) is 4.13. The summed E-state index contributed by atoms with van der Waals surface area (Å²) in [6, 6.07) is 0. The lowest BCUT2D eigenvalue weighted by Crippen LogP contribution is -1.83. The Balaban J connectivity index is 3.29. The predicted molar refractivity (Wildman–Crippen MR) is 48.4 cm³/mol. The van der Waals surface area contributed by atoms with E-state index in [1.54, 1.807) is 11.3 Å². The Morgan fingerprint density at radius 1 is 1.67 bits per heavy atom. The Hall–Kier alpha value is 0.330. The molecule has 4 heteroatoms. The molecule has 0 atom stereocenters. The Labute approximate surface area is 71.8 Å². The van der Waals surface area contributed by atoms with Crippen LogP contribution in [0.1, 0.15) is 5.56 Å². The molecule has 1 nitrogen and oxygen atoms in total. The molecule has 0 spiro atoms. The summed E-state index contributed by atoms with van der Waals surface area (Å²) < 4.78 is 1.96. The summed E-state index contributed by atoms with van der Waals surface area (Å²) in [6.07, 6.45) is 0. The van der Waals surface area contributed by atoms with Crippen LogP contribution in [0, 0.1) is 6.92 Å². The number of thiophene rings is 1. The standard InChI is InChI=1S/C5H6BrNS2/c1-2-3(7)5(8)9-4(2)6/h8H,7H2,1H3.